The second-order valence-electron chi connectivity index (χ2n) is 4.86. The number of oxime groups is 1. The number of amidine groups is 1. The molecule has 0 bridgehead atoms. The van der Waals surface area contributed by atoms with Crippen LogP contribution in [-0.4, -0.2) is 16.8 Å². The number of benzene rings is 1. The van der Waals surface area contributed by atoms with Gasteiger partial charge in [-0.2, -0.15) is 11.8 Å². The van der Waals surface area contributed by atoms with Crippen LogP contribution in [0.2, 0.25) is 0 Å². The minimum atomic E-state index is 0.164. The summed E-state index contributed by atoms with van der Waals surface area (Å²) in [4.78, 5) is 0. The number of nitrogens with zero attached hydrogens (tertiary/aromatic N) is 1. The molecule has 0 amide bonds. The Morgan fingerprint density at radius 1 is 1.44 bits per heavy atom. The predicted octanol–water partition coefficient (Wildman–Crippen LogP) is 3.37. The van der Waals surface area contributed by atoms with Crippen LogP contribution < -0.4 is 5.73 Å². The van der Waals surface area contributed by atoms with Gasteiger partial charge in [-0.25, -0.2) is 0 Å². The molecule has 0 saturated carbocycles. The lowest BCUT2D eigenvalue weighted by atomic mass is 10.1. The number of nitrogens with two attached hydrogens (primary N) is 1. The van der Waals surface area contributed by atoms with Crippen molar-refractivity contribution in [3.05, 3.63) is 34.9 Å². The average Bonchev–Trinajstić information content (AvgIpc) is 2.34. The second kappa shape index (κ2) is 7.31. The van der Waals surface area contributed by atoms with Crippen LogP contribution in [0.5, 0.6) is 0 Å². The largest absolute Gasteiger partial charge is 0.409 e. The summed E-state index contributed by atoms with van der Waals surface area (Å²) in [7, 11) is 0. The monoisotopic (exact) mass is 266 g/mol. The van der Waals surface area contributed by atoms with Gasteiger partial charge in [-0.05, 0) is 42.2 Å². The molecular weight excluding hydrogens is 244 g/mol. The molecule has 1 rings (SSSR count). The molecule has 0 saturated heterocycles. The van der Waals surface area contributed by atoms with Crippen molar-refractivity contribution in [2.45, 2.75) is 32.9 Å². The van der Waals surface area contributed by atoms with Crippen molar-refractivity contribution in [3.8, 4) is 0 Å². The number of thioether (sulfide) groups is 1. The van der Waals surface area contributed by atoms with Gasteiger partial charge in [0, 0.05) is 11.3 Å². The molecule has 100 valence electrons. The van der Waals surface area contributed by atoms with Crippen molar-refractivity contribution in [1.29, 1.82) is 0 Å². The van der Waals surface area contributed by atoms with E-state index in [1.807, 2.05) is 23.9 Å². The molecule has 0 atom stereocenters. The van der Waals surface area contributed by atoms with Crippen molar-refractivity contribution in [1.82, 2.24) is 0 Å². The fourth-order valence-electron chi connectivity index (χ4n) is 1.58. The standard InChI is InChI=1S/C14H22N2OS/c1-10(2)6-7-18-9-13-5-4-12(8-11(13)3)14(15)16-17/h4-5,8,10,17H,6-7,9H2,1-3H3,(H2,15,16). The molecule has 0 aromatic heterocycles. The molecule has 3 N–H and O–H groups in total. The van der Waals surface area contributed by atoms with Crippen molar-refractivity contribution >= 4 is 17.6 Å². The van der Waals surface area contributed by atoms with Gasteiger partial charge in [-0.1, -0.05) is 31.1 Å². The van der Waals surface area contributed by atoms with Crippen LogP contribution in [0.15, 0.2) is 23.4 Å². The van der Waals surface area contributed by atoms with Crippen LogP contribution in [0.4, 0.5) is 0 Å². The highest BCUT2D eigenvalue weighted by atomic mass is 32.2. The van der Waals surface area contributed by atoms with Crippen LogP contribution in [0, 0.1) is 12.8 Å². The van der Waals surface area contributed by atoms with Crippen molar-refractivity contribution in [2.24, 2.45) is 16.8 Å². The number of aryl methyl sites for hydroxylation is 1. The van der Waals surface area contributed by atoms with E-state index in [0.717, 1.165) is 17.2 Å². The first-order chi connectivity index (χ1) is 8.54. The highest BCUT2D eigenvalue weighted by Crippen LogP contribution is 2.19. The first kappa shape index (κ1) is 14.9. The summed E-state index contributed by atoms with van der Waals surface area (Å²) < 4.78 is 0. The Hall–Kier alpha value is -1.16. The van der Waals surface area contributed by atoms with Crippen LogP contribution in [0.1, 0.15) is 37.0 Å². The van der Waals surface area contributed by atoms with E-state index in [4.69, 9.17) is 10.9 Å². The number of hydrogen-bond acceptors (Lipinski definition) is 3. The van der Waals surface area contributed by atoms with Gasteiger partial charge in [-0.15, -0.1) is 0 Å². The van der Waals surface area contributed by atoms with E-state index in [9.17, 15) is 0 Å². The summed E-state index contributed by atoms with van der Waals surface area (Å²) >= 11 is 1.96. The van der Waals surface area contributed by atoms with Gasteiger partial charge in [0.1, 0.15) is 0 Å². The van der Waals surface area contributed by atoms with Crippen LogP contribution in [0.25, 0.3) is 0 Å². The molecule has 4 heteroatoms. The Morgan fingerprint density at radius 3 is 2.72 bits per heavy atom. The first-order valence-electron chi connectivity index (χ1n) is 6.19. The first-order valence-corrected chi connectivity index (χ1v) is 7.35. The highest BCUT2D eigenvalue weighted by molar-refractivity contribution is 7.98. The topological polar surface area (TPSA) is 58.6 Å². The normalized spacial score (nSPS) is 12.1. The quantitative estimate of drug-likeness (QED) is 0.273. The van der Waals surface area contributed by atoms with E-state index in [-0.39, 0.29) is 5.84 Å². The molecule has 1 aromatic rings. The maximum absolute atomic E-state index is 8.63. The molecule has 0 fully saturated rings. The fraction of sp³-hybridized carbons (Fsp3) is 0.500. The molecule has 0 heterocycles. The maximum atomic E-state index is 8.63. The Kier molecular flexibility index (Phi) is 6.05. The summed E-state index contributed by atoms with van der Waals surface area (Å²) in [5, 5.41) is 11.6. The molecular formula is C14H22N2OS. The number of rotatable bonds is 6. The molecule has 1 aromatic carbocycles. The average molecular weight is 266 g/mol. The third-order valence-corrected chi connectivity index (χ3v) is 3.88. The van der Waals surface area contributed by atoms with Gasteiger partial charge >= 0.3 is 0 Å². The molecule has 0 spiro atoms. The third-order valence-electron chi connectivity index (χ3n) is 2.84. The van der Waals surface area contributed by atoms with Crippen LogP contribution in [0.3, 0.4) is 0 Å². The lowest BCUT2D eigenvalue weighted by molar-refractivity contribution is 0.318. The third kappa shape index (κ3) is 4.61. The van der Waals surface area contributed by atoms with E-state index < -0.39 is 0 Å². The molecule has 3 nitrogen and oxygen atoms in total. The molecule has 0 aliphatic heterocycles. The minimum absolute atomic E-state index is 0.164. The lowest BCUT2D eigenvalue weighted by Crippen LogP contribution is -2.13. The van der Waals surface area contributed by atoms with Crippen molar-refractivity contribution in [2.75, 3.05) is 5.75 Å². The summed E-state index contributed by atoms with van der Waals surface area (Å²) in [6, 6.07) is 5.93. The van der Waals surface area contributed by atoms with Crippen molar-refractivity contribution in [3.63, 3.8) is 0 Å². The molecule has 0 aliphatic carbocycles. The minimum Gasteiger partial charge on any atom is -0.409 e. The SMILES string of the molecule is Cc1cc(/C(N)=N/O)ccc1CSCCC(C)C. The highest BCUT2D eigenvalue weighted by Gasteiger charge is 2.04. The molecule has 18 heavy (non-hydrogen) atoms. The van der Waals surface area contributed by atoms with Gasteiger partial charge in [0.2, 0.25) is 0 Å². The zero-order valence-corrected chi connectivity index (χ0v) is 12.1. The van der Waals surface area contributed by atoms with Crippen molar-refractivity contribution < 1.29 is 5.21 Å². The van der Waals surface area contributed by atoms with Gasteiger partial charge < -0.3 is 10.9 Å². The summed E-state index contributed by atoms with van der Waals surface area (Å²) in [6.07, 6.45) is 1.26. The molecule has 0 radical (unpaired) electrons. The lowest BCUT2D eigenvalue weighted by Gasteiger charge is -2.08. The molecule has 0 aliphatic rings. The van der Waals surface area contributed by atoms with Crippen LogP contribution in [-0.2, 0) is 5.75 Å². The zero-order chi connectivity index (χ0) is 13.5. The Balaban J connectivity index is 2.58. The maximum Gasteiger partial charge on any atom is 0.170 e. The summed E-state index contributed by atoms with van der Waals surface area (Å²) in [6.45, 7) is 6.56. The number of hydrogen-bond donors (Lipinski definition) is 2. The Bertz CT molecular complexity index is 416. The Morgan fingerprint density at radius 2 is 2.17 bits per heavy atom. The van der Waals surface area contributed by atoms with Gasteiger partial charge in [0.05, 0.1) is 0 Å². The van der Waals surface area contributed by atoms with E-state index in [1.165, 1.54) is 23.3 Å². The van der Waals surface area contributed by atoms with E-state index >= 15 is 0 Å². The second-order valence-corrected chi connectivity index (χ2v) is 5.97. The van der Waals surface area contributed by atoms with Crippen LogP contribution >= 0.6 is 11.8 Å². The van der Waals surface area contributed by atoms with E-state index in [2.05, 4.69) is 32.0 Å². The summed E-state index contributed by atoms with van der Waals surface area (Å²) in [5.74, 6) is 3.15. The van der Waals surface area contributed by atoms with E-state index in [1.54, 1.807) is 0 Å². The zero-order valence-electron chi connectivity index (χ0n) is 11.3. The predicted molar refractivity (Wildman–Crippen MR) is 79.3 cm³/mol. The smallest absolute Gasteiger partial charge is 0.170 e. The molecule has 0 unspecified atom stereocenters. The van der Waals surface area contributed by atoms with E-state index in [0.29, 0.717) is 0 Å². The summed E-state index contributed by atoms with van der Waals surface area (Å²) in [5.41, 5.74) is 8.84. The van der Waals surface area contributed by atoms with Gasteiger partial charge in [0.25, 0.3) is 0 Å². The van der Waals surface area contributed by atoms with Gasteiger partial charge in [-0.3, -0.25) is 0 Å². The fourth-order valence-corrected chi connectivity index (χ4v) is 2.90. The Labute approximate surface area is 113 Å². The van der Waals surface area contributed by atoms with Gasteiger partial charge in [0.15, 0.2) is 5.84 Å².